The monoisotopic (exact) mass is 506 g/mol. The van der Waals surface area contributed by atoms with Crippen LogP contribution in [-0.4, -0.2) is 46.3 Å². The minimum absolute atomic E-state index is 0.0535. The van der Waals surface area contributed by atoms with Gasteiger partial charge in [0.2, 0.25) is 0 Å². The van der Waals surface area contributed by atoms with Gasteiger partial charge in [-0.2, -0.15) is 0 Å². The molecule has 0 aliphatic carbocycles. The molecule has 2 unspecified atom stereocenters. The molecule has 2 saturated heterocycles. The van der Waals surface area contributed by atoms with Crippen LogP contribution in [0.1, 0.15) is 31.0 Å². The number of hydrogen-bond acceptors (Lipinski definition) is 6. The summed E-state index contributed by atoms with van der Waals surface area (Å²) in [4.78, 5) is 8.94. The zero-order chi connectivity index (χ0) is 23.3. The highest BCUT2D eigenvalue weighted by atomic mass is 35.5. The van der Waals surface area contributed by atoms with Crippen LogP contribution in [0.25, 0.3) is 5.65 Å². The Kier molecular flexibility index (Phi) is 6.31. The summed E-state index contributed by atoms with van der Waals surface area (Å²) in [6.45, 7) is 6.57. The molecule has 0 amide bonds. The fraction of sp³-hybridized carbons (Fsp3) is 0.458. The number of pyridine rings is 1. The molecule has 2 aliphatic rings. The second kappa shape index (κ2) is 8.95. The number of anilines is 1. The lowest BCUT2D eigenvalue weighted by atomic mass is 9.73. The molecule has 3 N–H and O–H groups in total. The van der Waals surface area contributed by atoms with Gasteiger partial charge in [-0.3, -0.25) is 4.40 Å². The van der Waals surface area contributed by atoms with E-state index < -0.39 is 0 Å². The van der Waals surface area contributed by atoms with Crippen molar-refractivity contribution in [2.75, 3.05) is 24.6 Å². The first-order valence-corrected chi connectivity index (χ1v) is 12.8. The molecule has 2 aromatic heterocycles. The van der Waals surface area contributed by atoms with Crippen LogP contribution in [-0.2, 0) is 11.3 Å². The van der Waals surface area contributed by atoms with Crippen molar-refractivity contribution in [2.45, 2.75) is 55.2 Å². The van der Waals surface area contributed by atoms with Crippen molar-refractivity contribution in [1.29, 1.82) is 0 Å². The number of rotatable bonds is 4. The number of aliphatic hydroxyl groups is 1. The number of nitrogens with two attached hydrogens (primary N) is 1. The van der Waals surface area contributed by atoms with Crippen LogP contribution >= 0.6 is 35.0 Å². The van der Waals surface area contributed by atoms with Gasteiger partial charge in [0.05, 0.1) is 46.1 Å². The standard InChI is InChI=1S/C24H28Cl2N4O2S/c1-14-10-19(29-8-6-24(7-9-29)13-32-15(2)22(24)27)30-16(12-31)11-28-23(30)21(14)33-18-5-3-4-17(25)20(18)26/h3-5,10-11,15,22,31H,6-9,12-13,27H2,1-2H3. The third kappa shape index (κ3) is 3.93. The maximum absolute atomic E-state index is 10.1. The Balaban J connectivity index is 1.51. The average Bonchev–Trinajstić information content (AvgIpc) is 3.36. The maximum Gasteiger partial charge on any atom is 0.152 e. The Bertz CT molecular complexity index is 1190. The van der Waals surface area contributed by atoms with Crippen LogP contribution in [0.2, 0.25) is 10.0 Å². The predicted molar refractivity (Wildman–Crippen MR) is 134 cm³/mol. The molecule has 3 aromatic rings. The van der Waals surface area contributed by atoms with E-state index in [1.165, 1.54) is 0 Å². The molecular formula is C24H28Cl2N4O2S. The molecule has 0 saturated carbocycles. The summed E-state index contributed by atoms with van der Waals surface area (Å²) in [7, 11) is 0. The van der Waals surface area contributed by atoms with Crippen molar-refractivity contribution in [1.82, 2.24) is 9.38 Å². The van der Waals surface area contributed by atoms with Gasteiger partial charge in [0, 0.05) is 29.4 Å². The molecule has 1 aromatic carbocycles. The molecule has 1 spiro atoms. The van der Waals surface area contributed by atoms with Crippen LogP contribution in [0.4, 0.5) is 5.82 Å². The Morgan fingerprint density at radius 1 is 1.30 bits per heavy atom. The summed E-state index contributed by atoms with van der Waals surface area (Å²) in [5.74, 6) is 1.04. The van der Waals surface area contributed by atoms with Gasteiger partial charge < -0.3 is 20.5 Å². The van der Waals surface area contributed by atoms with E-state index in [-0.39, 0.29) is 24.2 Å². The zero-order valence-corrected chi connectivity index (χ0v) is 21.1. The van der Waals surface area contributed by atoms with Crippen LogP contribution in [0.5, 0.6) is 0 Å². The third-order valence-electron chi connectivity index (χ3n) is 7.19. The van der Waals surface area contributed by atoms with Crippen molar-refractivity contribution in [3.05, 3.63) is 51.8 Å². The minimum atomic E-state index is -0.0900. The number of nitrogens with zero attached hydrogens (tertiary/aromatic N) is 3. The zero-order valence-electron chi connectivity index (χ0n) is 18.7. The number of hydrogen-bond donors (Lipinski definition) is 2. The van der Waals surface area contributed by atoms with Crippen molar-refractivity contribution >= 4 is 46.4 Å². The normalized spacial score (nSPS) is 22.5. The number of piperidine rings is 1. The summed E-state index contributed by atoms with van der Waals surface area (Å²) in [6, 6.07) is 7.88. The molecule has 2 atom stereocenters. The van der Waals surface area contributed by atoms with Gasteiger partial charge in [0.15, 0.2) is 5.65 Å². The highest BCUT2D eigenvalue weighted by Crippen LogP contribution is 2.44. The van der Waals surface area contributed by atoms with Gasteiger partial charge in [0.25, 0.3) is 0 Å². The van der Waals surface area contributed by atoms with Crippen molar-refractivity contribution in [3.63, 3.8) is 0 Å². The average molecular weight is 507 g/mol. The van der Waals surface area contributed by atoms with E-state index in [9.17, 15) is 5.11 Å². The molecular weight excluding hydrogens is 479 g/mol. The molecule has 176 valence electrons. The number of aliphatic hydroxyl groups excluding tert-OH is 1. The molecule has 5 rings (SSSR count). The van der Waals surface area contributed by atoms with Crippen LogP contribution in [0.3, 0.4) is 0 Å². The van der Waals surface area contributed by atoms with Gasteiger partial charge in [-0.1, -0.05) is 41.0 Å². The van der Waals surface area contributed by atoms with Crippen LogP contribution in [0, 0.1) is 12.3 Å². The number of halogens is 2. The smallest absolute Gasteiger partial charge is 0.152 e. The van der Waals surface area contributed by atoms with Gasteiger partial charge in [-0.05, 0) is 50.5 Å². The van der Waals surface area contributed by atoms with E-state index in [0.717, 1.165) is 65.1 Å². The highest BCUT2D eigenvalue weighted by Gasteiger charge is 2.47. The number of aryl methyl sites for hydroxylation is 1. The van der Waals surface area contributed by atoms with E-state index in [1.54, 1.807) is 24.0 Å². The first-order chi connectivity index (χ1) is 15.8. The quantitative estimate of drug-likeness (QED) is 0.522. The van der Waals surface area contributed by atoms with E-state index in [1.807, 2.05) is 12.1 Å². The SMILES string of the molecule is Cc1cc(N2CCC3(CC2)COC(C)C3N)n2c(CO)cnc2c1Sc1cccc(Cl)c1Cl. The number of fused-ring (bicyclic) bond motifs is 1. The van der Waals surface area contributed by atoms with E-state index in [0.29, 0.717) is 10.0 Å². The van der Waals surface area contributed by atoms with Gasteiger partial charge >= 0.3 is 0 Å². The number of ether oxygens (including phenoxy) is 1. The summed E-state index contributed by atoms with van der Waals surface area (Å²) in [5.41, 5.74) is 9.24. The van der Waals surface area contributed by atoms with Crippen LogP contribution in [0.15, 0.2) is 40.3 Å². The fourth-order valence-corrected chi connectivity index (χ4v) is 6.59. The molecule has 2 aliphatic heterocycles. The van der Waals surface area contributed by atoms with Gasteiger partial charge in [-0.15, -0.1) is 0 Å². The predicted octanol–water partition coefficient (Wildman–Crippen LogP) is 4.93. The lowest BCUT2D eigenvalue weighted by Gasteiger charge is -2.42. The molecule has 4 heterocycles. The number of imidazole rings is 1. The molecule has 0 bridgehead atoms. The Morgan fingerprint density at radius 3 is 2.73 bits per heavy atom. The van der Waals surface area contributed by atoms with Crippen LogP contribution < -0.4 is 10.6 Å². The summed E-state index contributed by atoms with van der Waals surface area (Å²) in [6.07, 6.45) is 3.82. The maximum atomic E-state index is 10.1. The van der Waals surface area contributed by atoms with E-state index >= 15 is 0 Å². The summed E-state index contributed by atoms with van der Waals surface area (Å²) < 4.78 is 7.96. The van der Waals surface area contributed by atoms with Crippen molar-refractivity contribution in [3.8, 4) is 0 Å². The largest absolute Gasteiger partial charge is 0.390 e. The number of benzene rings is 1. The van der Waals surface area contributed by atoms with Gasteiger partial charge in [-0.25, -0.2) is 4.98 Å². The molecule has 0 radical (unpaired) electrons. The summed E-state index contributed by atoms with van der Waals surface area (Å²) >= 11 is 14.2. The second-order valence-corrected chi connectivity index (χ2v) is 11.0. The Labute approximate surface area is 208 Å². The topological polar surface area (TPSA) is 76.0 Å². The van der Waals surface area contributed by atoms with Crippen molar-refractivity contribution < 1.29 is 9.84 Å². The summed E-state index contributed by atoms with van der Waals surface area (Å²) in [5, 5.41) is 11.1. The lowest BCUT2D eigenvalue weighted by Crippen LogP contribution is -2.51. The Hall–Kier alpha value is -1.48. The van der Waals surface area contributed by atoms with E-state index in [4.69, 9.17) is 33.7 Å². The first kappa shape index (κ1) is 23.3. The Morgan fingerprint density at radius 2 is 2.06 bits per heavy atom. The molecule has 6 nitrogen and oxygen atoms in total. The molecule has 2 fully saturated rings. The van der Waals surface area contributed by atoms with Gasteiger partial charge in [0.1, 0.15) is 5.82 Å². The first-order valence-electron chi connectivity index (χ1n) is 11.2. The molecule has 9 heteroatoms. The van der Waals surface area contributed by atoms with E-state index in [2.05, 4.69) is 34.2 Å². The second-order valence-electron chi connectivity index (χ2n) is 9.13. The van der Waals surface area contributed by atoms with Crippen molar-refractivity contribution in [2.24, 2.45) is 11.1 Å². The fourth-order valence-electron chi connectivity index (χ4n) is 5.10. The highest BCUT2D eigenvalue weighted by molar-refractivity contribution is 7.99. The minimum Gasteiger partial charge on any atom is -0.390 e. The third-order valence-corrected chi connectivity index (χ3v) is 9.39. The molecule has 33 heavy (non-hydrogen) atoms. The lowest BCUT2D eigenvalue weighted by molar-refractivity contribution is 0.0974. The number of aromatic nitrogens is 2.